The fourth-order valence-corrected chi connectivity index (χ4v) is 4.08. The predicted molar refractivity (Wildman–Crippen MR) is 124 cm³/mol. The van der Waals surface area contributed by atoms with Gasteiger partial charge in [-0.3, -0.25) is 9.59 Å². The Morgan fingerprint density at radius 3 is 2.44 bits per heavy atom. The molecule has 7 heteroatoms. The van der Waals surface area contributed by atoms with Crippen molar-refractivity contribution < 1.29 is 24.2 Å². The number of benzene rings is 2. The fourth-order valence-electron chi connectivity index (χ4n) is 3.85. The summed E-state index contributed by atoms with van der Waals surface area (Å²) in [6, 6.07) is 11.9. The van der Waals surface area contributed by atoms with Crippen LogP contribution in [0.3, 0.4) is 0 Å². The molecule has 0 saturated carbocycles. The summed E-state index contributed by atoms with van der Waals surface area (Å²) in [7, 11) is 1.59. The highest BCUT2D eigenvalue weighted by molar-refractivity contribution is 6.46. The standard InChI is InChI=1S/C25H28ClNO5/c1-4-16-7-9-17(10-8-16)22-21(24(29)25(30)27(22)13-6-14-31-3)23(28)18-11-12-20(32-5-2)19(26)15-18/h7-12,15,22,28H,4-6,13-14H2,1-3H3/b23-21+. The highest BCUT2D eigenvalue weighted by Crippen LogP contribution is 2.40. The fraction of sp³-hybridized carbons (Fsp3) is 0.360. The maximum Gasteiger partial charge on any atom is 0.295 e. The Hall–Kier alpha value is -2.83. The molecule has 3 rings (SSSR count). The first-order chi connectivity index (χ1) is 15.4. The van der Waals surface area contributed by atoms with Crippen LogP contribution in [0.2, 0.25) is 5.02 Å². The van der Waals surface area contributed by atoms with Crippen LogP contribution in [0.15, 0.2) is 48.0 Å². The van der Waals surface area contributed by atoms with Crippen LogP contribution in [-0.4, -0.2) is 48.6 Å². The number of rotatable bonds is 9. The number of methoxy groups -OCH3 is 1. The third-order valence-corrected chi connectivity index (χ3v) is 5.79. The Kier molecular flexibility index (Phi) is 7.94. The summed E-state index contributed by atoms with van der Waals surface area (Å²) in [6.07, 6.45) is 1.45. The van der Waals surface area contributed by atoms with Gasteiger partial charge >= 0.3 is 0 Å². The molecule has 2 aromatic rings. The second-order valence-electron chi connectivity index (χ2n) is 7.51. The van der Waals surface area contributed by atoms with Crippen LogP contribution in [0, 0.1) is 0 Å². The minimum absolute atomic E-state index is 0.0527. The largest absolute Gasteiger partial charge is 0.507 e. The molecule has 0 bridgehead atoms. The van der Waals surface area contributed by atoms with Crippen molar-refractivity contribution in [1.82, 2.24) is 4.90 Å². The Bertz CT molecular complexity index is 1020. The number of halogens is 1. The van der Waals surface area contributed by atoms with Crippen molar-refractivity contribution >= 4 is 29.1 Å². The van der Waals surface area contributed by atoms with E-state index in [-0.39, 0.29) is 11.3 Å². The lowest BCUT2D eigenvalue weighted by atomic mass is 9.94. The van der Waals surface area contributed by atoms with E-state index in [2.05, 4.69) is 6.92 Å². The van der Waals surface area contributed by atoms with Crippen LogP contribution in [0.1, 0.15) is 43.0 Å². The molecule has 1 amide bonds. The number of ether oxygens (including phenoxy) is 2. The van der Waals surface area contributed by atoms with E-state index in [9.17, 15) is 14.7 Å². The van der Waals surface area contributed by atoms with E-state index in [4.69, 9.17) is 21.1 Å². The average Bonchev–Trinajstić information content (AvgIpc) is 3.05. The minimum Gasteiger partial charge on any atom is -0.507 e. The third-order valence-electron chi connectivity index (χ3n) is 5.50. The van der Waals surface area contributed by atoms with Gasteiger partial charge in [0.2, 0.25) is 0 Å². The van der Waals surface area contributed by atoms with Crippen molar-refractivity contribution in [3.63, 3.8) is 0 Å². The predicted octanol–water partition coefficient (Wildman–Crippen LogP) is 4.76. The quantitative estimate of drug-likeness (QED) is 0.254. The molecule has 1 aliphatic heterocycles. The lowest BCUT2D eigenvalue weighted by Gasteiger charge is -2.25. The molecule has 32 heavy (non-hydrogen) atoms. The van der Waals surface area contributed by atoms with Crippen LogP contribution in [0.4, 0.5) is 0 Å². The van der Waals surface area contributed by atoms with E-state index in [1.165, 1.54) is 11.0 Å². The van der Waals surface area contributed by atoms with Crippen LogP contribution < -0.4 is 4.74 Å². The summed E-state index contributed by atoms with van der Waals surface area (Å²) in [4.78, 5) is 27.4. The van der Waals surface area contributed by atoms with Crippen LogP contribution in [0.25, 0.3) is 5.76 Å². The normalized spacial score (nSPS) is 17.8. The van der Waals surface area contributed by atoms with Gasteiger partial charge in [0.25, 0.3) is 11.7 Å². The molecule has 1 N–H and O–H groups in total. The number of carbonyl (C=O) groups is 2. The highest BCUT2D eigenvalue weighted by Gasteiger charge is 2.45. The van der Waals surface area contributed by atoms with Crippen molar-refractivity contribution in [2.45, 2.75) is 32.7 Å². The van der Waals surface area contributed by atoms with E-state index in [0.29, 0.717) is 42.5 Å². The first-order valence-electron chi connectivity index (χ1n) is 10.7. The van der Waals surface area contributed by atoms with E-state index < -0.39 is 17.7 Å². The second kappa shape index (κ2) is 10.7. The van der Waals surface area contributed by atoms with E-state index in [0.717, 1.165) is 17.5 Å². The lowest BCUT2D eigenvalue weighted by Crippen LogP contribution is -2.31. The zero-order chi connectivity index (χ0) is 23.3. The number of hydrogen-bond donors (Lipinski definition) is 1. The molecule has 1 saturated heterocycles. The Labute approximate surface area is 193 Å². The van der Waals surface area contributed by atoms with Gasteiger partial charge in [0.05, 0.1) is 23.2 Å². The molecule has 0 spiro atoms. The molecular weight excluding hydrogens is 430 g/mol. The van der Waals surface area contributed by atoms with Gasteiger partial charge in [0.15, 0.2) is 0 Å². The molecule has 6 nitrogen and oxygen atoms in total. The third kappa shape index (κ3) is 4.81. The Balaban J connectivity index is 2.10. The summed E-state index contributed by atoms with van der Waals surface area (Å²) in [5.74, 6) is -1.12. The monoisotopic (exact) mass is 457 g/mol. The van der Waals surface area contributed by atoms with Crippen molar-refractivity contribution in [2.24, 2.45) is 0 Å². The van der Waals surface area contributed by atoms with Gasteiger partial charge in [0.1, 0.15) is 11.5 Å². The van der Waals surface area contributed by atoms with E-state index >= 15 is 0 Å². The lowest BCUT2D eigenvalue weighted by molar-refractivity contribution is -0.140. The van der Waals surface area contributed by atoms with Gasteiger partial charge in [-0.05, 0) is 49.1 Å². The van der Waals surface area contributed by atoms with Crippen molar-refractivity contribution in [3.8, 4) is 5.75 Å². The Morgan fingerprint density at radius 2 is 1.84 bits per heavy atom. The number of aliphatic hydroxyl groups is 1. The number of ketones is 1. The van der Waals surface area contributed by atoms with Gasteiger partial charge in [-0.25, -0.2) is 0 Å². The molecule has 2 aromatic carbocycles. The van der Waals surface area contributed by atoms with Crippen molar-refractivity contribution in [3.05, 3.63) is 69.8 Å². The molecule has 0 aliphatic carbocycles. The smallest absolute Gasteiger partial charge is 0.295 e. The van der Waals surface area contributed by atoms with Crippen LogP contribution >= 0.6 is 11.6 Å². The number of aliphatic hydroxyl groups excluding tert-OH is 1. The molecular formula is C25H28ClNO5. The first-order valence-corrected chi connectivity index (χ1v) is 11.1. The molecule has 1 atom stereocenters. The molecule has 170 valence electrons. The number of likely N-dealkylation sites (tertiary alicyclic amines) is 1. The van der Waals surface area contributed by atoms with E-state index in [1.807, 2.05) is 31.2 Å². The van der Waals surface area contributed by atoms with Crippen LogP contribution in [-0.2, 0) is 20.7 Å². The maximum absolute atomic E-state index is 13.0. The maximum atomic E-state index is 13.0. The summed E-state index contributed by atoms with van der Waals surface area (Å²) < 4.78 is 10.6. The first kappa shape index (κ1) is 23.8. The number of hydrogen-bond acceptors (Lipinski definition) is 5. The zero-order valence-corrected chi connectivity index (χ0v) is 19.3. The van der Waals surface area contributed by atoms with Crippen molar-refractivity contribution in [2.75, 3.05) is 26.9 Å². The number of carbonyl (C=O) groups excluding carboxylic acids is 2. The highest BCUT2D eigenvalue weighted by atomic mass is 35.5. The van der Waals surface area contributed by atoms with Gasteiger partial charge < -0.3 is 19.5 Å². The minimum atomic E-state index is -0.713. The van der Waals surface area contributed by atoms with Crippen molar-refractivity contribution in [1.29, 1.82) is 0 Å². The molecule has 1 heterocycles. The van der Waals surface area contributed by atoms with Crippen LogP contribution in [0.5, 0.6) is 5.75 Å². The van der Waals surface area contributed by atoms with E-state index in [1.54, 1.807) is 19.2 Å². The molecule has 0 aromatic heterocycles. The zero-order valence-electron chi connectivity index (χ0n) is 18.6. The summed E-state index contributed by atoms with van der Waals surface area (Å²) >= 11 is 6.29. The number of amides is 1. The Morgan fingerprint density at radius 1 is 1.12 bits per heavy atom. The summed E-state index contributed by atoms with van der Waals surface area (Å²) in [5, 5.41) is 11.4. The van der Waals surface area contributed by atoms with Gasteiger partial charge in [-0.2, -0.15) is 0 Å². The second-order valence-corrected chi connectivity index (χ2v) is 7.92. The molecule has 1 fully saturated rings. The molecule has 1 aliphatic rings. The number of aryl methyl sites for hydroxylation is 1. The molecule has 1 unspecified atom stereocenters. The number of Topliss-reactive ketones (excluding diaryl/α,β-unsaturated/α-hetero) is 1. The van der Waals surface area contributed by atoms with Gasteiger partial charge in [-0.15, -0.1) is 0 Å². The average molecular weight is 458 g/mol. The molecule has 0 radical (unpaired) electrons. The SMILES string of the molecule is CCOc1ccc(/C(O)=C2\C(=O)C(=O)N(CCCOC)C2c2ccc(CC)cc2)cc1Cl. The summed E-state index contributed by atoms with van der Waals surface area (Å²) in [6.45, 7) is 5.14. The van der Waals surface area contributed by atoms with Gasteiger partial charge in [-0.1, -0.05) is 42.8 Å². The topological polar surface area (TPSA) is 76.1 Å². The summed E-state index contributed by atoms with van der Waals surface area (Å²) in [5.41, 5.74) is 2.31. The number of nitrogens with zero attached hydrogens (tertiary/aromatic N) is 1. The van der Waals surface area contributed by atoms with Gasteiger partial charge in [0, 0.05) is 25.8 Å².